The Morgan fingerprint density at radius 2 is 2.05 bits per heavy atom. The van der Waals surface area contributed by atoms with Gasteiger partial charge in [0, 0.05) is 4.88 Å². The largest absolute Gasteiger partial charge is 0.478 e. The third-order valence-electron chi connectivity index (χ3n) is 2.69. The number of thiazole rings is 1. The lowest BCUT2D eigenvalue weighted by Crippen LogP contribution is -2.05. The average Bonchev–Trinajstić information content (AvgIpc) is 2.68. The zero-order chi connectivity index (χ0) is 14.0. The Bertz CT molecular complexity index is 630. The van der Waals surface area contributed by atoms with Crippen molar-refractivity contribution in [3.05, 3.63) is 45.4 Å². The maximum atomic E-state index is 12.3. The average molecular weight is 295 g/mol. The van der Waals surface area contributed by atoms with Gasteiger partial charge in [-0.05, 0) is 26.0 Å². The predicted molar refractivity (Wildman–Crippen MR) is 75.1 cm³/mol. The Balaban J connectivity index is 2.28. The molecule has 0 radical (unpaired) electrons. The molecule has 0 fully saturated rings. The number of aromatic carboxylic acids is 1. The molecule has 0 aliphatic heterocycles. The molecule has 1 atom stereocenters. The van der Waals surface area contributed by atoms with Crippen LogP contribution in [-0.4, -0.2) is 20.3 Å². The van der Waals surface area contributed by atoms with Crippen molar-refractivity contribution in [2.75, 3.05) is 0 Å². The number of rotatable bonds is 4. The number of benzene rings is 1. The highest BCUT2D eigenvalue weighted by molar-refractivity contribution is 7.84. The van der Waals surface area contributed by atoms with Gasteiger partial charge < -0.3 is 5.11 Å². The molecular formula is C13H13NO3S2. The zero-order valence-electron chi connectivity index (χ0n) is 10.5. The van der Waals surface area contributed by atoms with Gasteiger partial charge in [-0.15, -0.1) is 11.3 Å². The van der Waals surface area contributed by atoms with E-state index in [1.807, 2.05) is 13.8 Å². The third-order valence-corrected chi connectivity index (χ3v) is 5.33. The summed E-state index contributed by atoms with van der Waals surface area (Å²) >= 11 is 1.50. The second kappa shape index (κ2) is 5.63. The molecule has 2 aromatic rings. The van der Waals surface area contributed by atoms with Crippen LogP contribution in [0.15, 0.2) is 29.2 Å². The van der Waals surface area contributed by atoms with Crippen molar-refractivity contribution in [2.24, 2.45) is 0 Å². The fourth-order valence-corrected chi connectivity index (χ4v) is 3.99. The first kappa shape index (κ1) is 13.9. The molecule has 100 valence electrons. The van der Waals surface area contributed by atoms with Crippen molar-refractivity contribution in [1.82, 2.24) is 4.98 Å². The van der Waals surface area contributed by atoms with E-state index in [-0.39, 0.29) is 11.3 Å². The number of nitrogens with zero attached hydrogens (tertiary/aromatic N) is 1. The van der Waals surface area contributed by atoms with E-state index in [0.29, 0.717) is 4.90 Å². The standard InChI is InChI=1S/C13H13NO3S2/c1-8-9(2)18-12(14-8)7-19(17)11-6-4-3-5-10(11)13(15)16/h3-6H,7H2,1-2H3,(H,15,16). The molecule has 0 amide bonds. The van der Waals surface area contributed by atoms with Crippen LogP contribution in [-0.2, 0) is 16.6 Å². The van der Waals surface area contributed by atoms with Gasteiger partial charge in [0.2, 0.25) is 0 Å². The van der Waals surface area contributed by atoms with Gasteiger partial charge in [-0.2, -0.15) is 0 Å². The van der Waals surface area contributed by atoms with Crippen LogP contribution < -0.4 is 0 Å². The van der Waals surface area contributed by atoms with E-state index in [1.165, 1.54) is 17.4 Å². The molecular weight excluding hydrogens is 282 g/mol. The molecule has 1 aromatic heterocycles. The van der Waals surface area contributed by atoms with Crippen LogP contribution in [0.25, 0.3) is 0 Å². The molecule has 0 spiro atoms. The van der Waals surface area contributed by atoms with Gasteiger partial charge in [-0.1, -0.05) is 12.1 Å². The van der Waals surface area contributed by atoms with Crippen molar-refractivity contribution in [3.63, 3.8) is 0 Å². The topological polar surface area (TPSA) is 67.3 Å². The number of carboxylic acid groups (broad SMARTS) is 1. The summed E-state index contributed by atoms with van der Waals surface area (Å²) in [5.74, 6) is -0.806. The lowest BCUT2D eigenvalue weighted by molar-refractivity contribution is 0.0693. The summed E-state index contributed by atoms with van der Waals surface area (Å²) in [5, 5.41) is 9.85. The van der Waals surface area contributed by atoms with Crippen LogP contribution in [0.4, 0.5) is 0 Å². The van der Waals surface area contributed by atoms with E-state index >= 15 is 0 Å². The predicted octanol–water partition coefficient (Wildman–Crippen LogP) is 2.77. The summed E-state index contributed by atoms with van der Waals surface area (Å²) < 4.78 is 12.3. The van der Waals surface area contributed by atoms with Crippen LogP contribution in [0.2, 0.25) is 0 Å². The van der Waals surface area contributed by atoms with Crippen LogP contribution >= 0.6 is 11.3 Å². The first-order valence-electron chi connectivity index (χ1n) is 5.62. The molecule has 1 unspecified atom stereocenters. The number of hydrogen-bond acceptors (Lipinski definition) is 4. The number of aryl methyl sites for hydroxylation is 2. The molecule has 0 aliphatic rings. The highest BCUT2D eigenvalue weighted by Gasteiger charge is 2.16. The Hall–Kier alpha value is -1.53. The van der Waals surface area contributed by atoms with Gasteiger partial charge >= 0.3 is 5.97 Å². The zero-order valence-corrected chi connectivity index (χ0v) is 12.2. The number of hydrogen-bond donors (Lipinski definition) is 1. The Kier molecular flexibility index (Phi) is 4.11. The minimum Gasteiger partial charge on any atom is -0.478 e. The van der Waals surface area contributed by atoms with Crippen LogP contribution in [0.5, 0.6) is 0 Å². The molecule has 4 nitrogen and oxygen atoms in total. The first-order chi connectivity index (χ1) is 8.99. The normalized spacial score (nSPS) is 12.3. The SMILES string of the molecule is Cc1nc(CS(=O)c2ccccc2C(=O)O)sc1C. The highest BCUT2D eigenvalue weighted by atomic mass is 32.2. The minimum absolute atomic E-state index is 0.0887. The van der Waals surface area contributed by atoms with Gasteiger partial charge in [0.15, 0.2) is 0 Å². The van der Waals surface area contributed by atoms with Crippen LogP contribution in [0, 0.1) is 13.8 Å². The fraction of sp³-hybridized carbons (Fsp3) is 0.231. The van der Waals surface area contributed by atoms with E-state index in [9.17, 15) is 9.00 Å². The van der Waals surface area contributed by atoms with Crippen molar-refractivity contribution < 1.29 is 14.1 Å². The lowest BCUT2D eigenvalue weighted by atomic mass is 10.2. The highest BCUT2D eigenvalue weighted by Crippen LogP contribution is 2.22. The summed E-state index contributed by atoms with van der Waals surface area (Å²) in [6.45, 7) is 3.87. The molecule has 2 rings (SSSR count). The molecule has 1 aromatic carbocycles. The van der Waals surface area contributed by atoms with Crippen molar-refractivity contribution >= 4 is 28.1 Å². The van der Waals surface area contributed by atoms with Crippen molar-refractivity contribution in [2.45, 2.75) is 24.5 Å². The smallest absolute Gasteiger partial charge is 0.336 e. The van der Waals surface area contributed by atoms with Crippen LogP contribution in [0.3, 0.4) is 0 Å². The van der Waals surface area contributed by atoms with Crippen molar-refractivity contribution in [1.29, 1.82) is 0 Å². The molecule has 1 heterocycles. The summed E-state index contributed by atoms with van der Waals surface area (Å²) in [4.78, 5) is 16.9. The molecule has 1 N–H and O–H groups in total. The second-order valence-corrected chi connectivity index (χ2v) is 6.75. The minimum atomic E-state index is -1.39. The molecule has 0 saturated carbocycles. The van der Waals surface area contributed by atoms with E-state index in [1.54, 1.807) is 18.2 Å². The quantitative estimate of drug-likeness (QED) is 0.941. The number of carbonyl (C=O) groups is 1. The monoisotopic (exact) mass is 295 g/mol. The lowest BCUT2D eigenvalue weighted by Gasteiger charge is -2.04. The second-order valence-electron chi connectivity index (χ2n) is 4.04. The van der Waals surface area contributed by atoms with Crippen molar-refractivity contribution in [3.8, 4) is 0 Å². The molecule has 6 heteroatoms. The maximum Gasteiger partial charge on any atom is 0.336 e. The Morgan fingerprint density at radius 3 is 2.63 bits per heavy atom. The fourth-order valence-electron chi connectivity index (χ4n) is 1.63. The van der Waals surface area contributed by atoms with Gasteiger partial charge in [0.05, 0.1) is 32.7 Å². The maximum absolute atomic E-state index is 12.3. The van der Waals surface area contributed by atoms with E-state index < -0.39 is 16.8 Å². The summed E-state index contributed by atoms with van der Waals surface area (Å²) in [7, 11) is -1.39. The molecule has 0 aliphatic carbocycles. The molecule has 0 saturated heterocycles. The van der Waals surface area contributed by atoms with E-state index in [4.69, 9.17) is 5.11 Å². The third kappa shape index (κ3) is 3.08. The first-order valence-corrected chi connectivity index (χ1v) is 7.76. The molecule has 0 bridgehead atoms. The Labute approximate surface area is 117 Å². The number of aromatic nitrogens is 1. The van der Waals surface area contributed by atoms with Crippen LogP contribution in [0.1, 0.15) is 25.9 Å². The van der Waals surface area contributed by atoms with E-state index in [2.05, 4.69) is 4.98 Å². The van der Waals surface area contributed by atoms with E-state index in [0.717, 1.165) is 15.6 Å². The molecule has 19 heavy (non-hydrogen) atoms. The van der Waals surface area contributed by atoms with Gasteiger partial charge in [0.1, 0.15) is 5.01 Å². The van der Waals surface area contributed by atoms with Gasteiger partial charge in [0.25, 0.3) is 0 Å². The summed E-state index contributed by atoms with van der Waals surface area (Å²) in [6.07, 6.45) is 0. The van der Waals surface area contributed by atoms with Gasteiger partial charge in [-0.25, -0.2) is 9.78 Å². The van der Waals surface area contributed by atoms with Gasteiger partial charge in [-0.3, -0.25) is 4.21 Å². The summed E-state index contributed by atoms with van der Waals surface area (Å²) in [5.41, 5.74) is 1.02. The number of carboxylic acids is 1. The Morgan fingerprint density at radius 1 is 1.37 bits per heavy atom. The summed E-state index contributed by atoms with van der Waals surface area (Å²) in [6, 6.07) is 6.38.